The molecule has 0 fully saturated rings. The molecule has 1 aromatic carbocycles. The number of nitrogens with zero attached hydrogens (tertiary/aromatic N) is 2. The number of hydrogen-bond acceptors (Lipinski definition) is 1. The zero-order chi connectivity index (χ0) is 14.9. The zero-order valence-electron chi connectivity index (χ0n) is 13.2. The van der Waals surface area contributed by atoms with Gasteiger partial charge in [-0.15, -0.1) is 0 Å². The minimum Gasteiger partial charge on any atom is -0.344 e. The first-order valence-corrected chi connectivity index (χ1v) is 8.32. The van der Waals surface area contributed by atoms with E-state index in [0.717, 1.165) is 13.0 Å². The molecule has 2 heterocycles. The van der Waals surface area contributed by atoms with Crippen LogP contribution < -0.4 is 0 Å². The van der Waals surface area contributed by atoms with Crippen LogP contribution in [0.15, 0.2) is 42.7 Å². The molecule has 0 aliphatic heterocycles. The number of fused-ring (bicyclic) bond motifs is 3. The Hall–Kier alpha value is -2.09. The Labute approximate surface area is 131 Å². The molecule has 1 aliphatic rings. The van der Waals surface area contributed by atoms with Gasteiger partial charge >= 0.3 is 0 Å². The summed E-state index contributed by atoms with van der Waals surface area (Å²) in [5.74, 6) is 0. The number of pyridine rings is 1. The zero-order valence-corrected chi connectivity index (χ0v) is 13.2. The molecule has 0 amide bonds. The highest BCUT2D eigenvalue weighted by molar-refractivity contribution is 5.86. The van der Waals surface area contributed by atoms with Crippen molar-refractivity contribution in [2.75, 3.05) is 0 Å². The lowest BCUT2D eigenvalue weighted by atomic mass is 9.95. The molecule has 0 saturated carbocycles. The van der Waals surface area contributed by atoms with Gasteiger partial charge in [0.1, 0.15) is 0 Å². The quantitative estimate of drug-likeness (QED) is 0.696. The molecule has 1 aliphatic carbocycles. The van der Waals surface area contributed by atoms with Crippen LogP contribution in [0.1, 0.15) is 35.2 Å². The molecule has 0 saturated heterocycles. The fourth-order valence-corrected chi connectivity index (χ4v) is 3.80. The van der Waals surface area contributed by atoms with E-state index in [4.69, 9.17) is 0 Å². The summed E-state index contributed by atoms with van der Waals surface area (Å²) in [5, 5.41) is 1.49. The van der Waals surface area contributed by atoms with Gasteiger partial charge in [0, 0.05) is 35.5 Å². The van der Waals surface area contributed by atoms with E-state index in [9.17, 15) is 0 Å². The van der Waals surface area contributed by atoms with Crippen molar-refractivity contribution in [3.8, 4) is 0 Å². The first kappa shape index (κ1) is 13.6. The topological polar surface area (TPSA) is 17.8 Å². The number of benzene rings is 1. The van der Waals surface area contributed by atoms with Crippen LogP contribution in [0.3, 0.4) is 0 Å². The van der Waals surface area contributed by atoms with Crippen LogP contribution in [0.2, 0.25) is 0 Å². The predicted octanol–water partition coefficient (Wildman–Crippen LogP) is 4.47. The molecule has 2 heteroatoms. The standard InChI is InChI=1S/C20H22N2/c1-15-6-7-20-18(14-15)17-4-2-3-5-19(17)22(20)13-10-16-8-11-21-12-9-16/h6-9,11-12,14H,2-5,10,13H2,1H3. The van der Waals surface area contributed by atoms with E-state index in [1.807, 2.05) is 12.4 Å². The van der Waals surface area contributed by atoms with Crippen molar-refractivity contribution < 1.29 is 0 Å². The number of aryl methyl sites for hydroxylation is 4. The van der Waals surface area contributed by atoms with Crippen molar-refractivity contribution in [2.45, 2.75) is 45.6 Å². The normalized spacial score (nSPS) is 14.2. The van der Waals surface area contributed by atoms with Crippen LogP contribution in [-0.4, -0.2) is 9.55 Å². The Morgan fingerprint density at radius 1 is 1.05 bits per heavy atom. The number of aromatic nitrogens is 2. The molecule has 0 unspecified atom stereocenters. The maximum atomic E-state index is 4.11. The van der Waals surface area contributed by atoms with E-state index in [2.05, 4.69) is 46.8 Å². The van der Waals surface area contributed by atoms with Crippen LogP contribution in [0.25, 0.3) is 10.9 Å². The highest BCUT2D eigenvalue weighted by Crippen LogP contribution is 2.33. The fourth-order valence-electron chi connectivity index (χ4n) is 3.80. The second kappa shape index (κ2) is 5.60. The average molecular weight is 290 g/mol. The van der Waals surface area contributed by atoms with Gasteiger partial charge in [-0.25, -0.2) is 0 Å². The third kappa shape index (κ3) is 2.33. The first-order chi connectivity index (χ1) is 10.8. The van der Waals surface area contributed by atoms with Gasteiger partial charge in [-0.3, -0.25) is 4.98 Å². The van der Waals surface area contributed by atoms with Gasteiger partial charge in [0.25, 0.3) is 0 Å². The smallest absolute Gasteiger partial charge is 0.0485 e. The molecule has 2 aromatic heterocycles. The molecule has 0 N–H and O–H groups in total. The summed E-state index contributed by atoms with van der Waals surface area (Å²) in [7, 11) is 0. The SMILES string of the molecule is Cc1ccc2c(c1)c1c(n2CCc2ccncc2)CCCC1. The molecule has 0 spiro atoms. The first-order valence-electron chi connectivity index (χ1n) is 8.32. The van der Waals surface area contributed by atoms with Gasteiger partial charge in [-0.2, -0.15) is 0 Å². The van der Waals surface area contributed by atoms with E-state index in [1.54, 1.807) is 11.3 Å². The van der Waals surface area contributed by atoms with Crippen LogP contribution >= 0.6 is 0 Å². The molecule has 4 rings (SSSR count). The summed E-state index contributed by atoms with van der Waals surface area (Å²) >= 11 is 0. The maximum absolute atomic E-state index is 4.11. The van der Waals surface area contributed by atoms with E-state index in [-0.39, 0.29) is 0 Å². The molecular formula is C20H22N2. The second-order valence-corrected chi connectivity index (χ2v) is 6.41. The Morgan fingerprint density at radius 2 is 1.86 bits per heavy atom. The lowest BCUT2D eigenvalue weighted by Crippen LogP contribution is -2.10. The molecule has 0 atom stereocenters. The van der Waals surface area contributed by atoms with Crippen molar-refractivity contribution in [1.29, 1.82) is 0 Å². The minimum atomic E-state index is 1.07. The summed E-state index contributed by atoms with van der Waals surface area (Å²) in [6.07, 6.45) is 10.0. The molecule has 3 aromatic rings. The average Bonchev–Trinajstić information content (AvgIpc) is 2.87. The summed E-state index contributed by atoms with van der Waals surface area (Å²) in [4.78, 5) is 4.11. The summed E-state index contributed by atoms with van der Waals surface area (Å²) in [6.45, 7) is 3.27. The lowest BCUT2D eigenvalue weighted by Gasteiger charge is -2.16. The van der Waals surface area contributed by atoms with Crippen molar-refractivity contribution in [3.63, 3.8) is 0 Å². The largest absolute Gasteiger partial charge is 0.344 e. The van der Waals surface area contributed by atoms with Gasteiger partial charge in [0.2, 0.25) is 0 Å². The van der Waals surface area contributed by atoms with Crippen LogP contribution in [-0.2, 0) is 25.8 Å². The van der Waals surface area contributed by atoms with E-state index < -0.39 is 0 Å². The Balaban J connectivity index is 1.76. The van der Waals surface area contributed by atoms with Crippen LogP contribution in [0.4, 0.5) is 0 Å². The van der Waals surface area contributed by atoms with Gasteiger partial charge in [0.05, 0.1) is 0 Å². The molecule has 112 valence electrons. The molecule has 22 heavy (non-hydrogen) atoms. The minimum absolute atomic E-state index is 1.07. The molecule has 0 radical (unpaired) electrons. The molecule has 2 nitrogen and oxygen atoms in total. The monoisotopic (exact) mass is 290 g/mol. The molecular weight excluding hydrogens is 268 g/mol. The van der Waals surface area contributed by atoms with Crippen LogP contribution in [0.5, 0.6) is 0 Å². The summed E-state index contributed by atoms with van der Waals surface area (Å²) in [6, 6.07) is 11.2. The maximum Gasteiger partial charge on any atom is 0.0485 e. The van der Waals surface area contributed by atoms with E-state index in [0.29, 0.717) is 0 Å². The van der Waals surface area contributed by atoms with E-state index >= 15 is 0 Å². The predicted molar refractivity (Wildman–Crippen MR) is 91.3 cm³/mol. The van der Waals surface area contributed by atoms with Gasteiger partial charge in [-0.05, 0) is 74.4 Å². The van der Waals surface area contributed by atoms with Crippen molar-refractivity contribution in [1.82, 2.24) is 9.55 Å². The number of hydrogen-bond donors (Lipinski definition) is 0. The summed E-state index contributed by atoms with van der Waals surface area (Å²) in [5.41, 5.74) is 7.35. The molecule has 0 bridgehead atoms. The highest BCUT2D eigenvalue weighted by Gasteiger charge is 2.19. The van der Waals surface area contributed by atoms with Gasteiger partial charge < -0.3 is 4.57 Å². The lowest BCUT2D eigenvalue weighted by molar-refractivity contribution is 0.612. The second-order valence-electron chi connectivity index (χ2n) is 6.41. The third-order valence-electron chi connectivity index (χ3n) is 4.91. The summed E-state index contributed by atoms with van der Waals surface area (Å²) < 4.78 is 2.57. The van der Waals surface area contributed by atoms with Crippen molar-refractivity contribution >= 4 is 10.9 Å². The Kier molecular flexibility index (Phi) is 3.45. The number of rotatable bonds is 3. The Morgan fingerprint density at radius 3 is 2.73 bits per heavy atom. The van der Waals surface area contributed by atoms with Crippen LogP contribution in [0, 0.1) is 6.92 Å². The van der Waals surface area contributed by atoms with Gasteiger partial charge in [-0.1, -0.05) is 11.6 Å². The Bertz CT molecular complexity index is 799. The highest BCUT2D eigenvalue weighted by atomic mass is 15.0. The fraction of sp³-hybridized carbons (Fsp3) is 0.350. The van der Waals surface area contributed by atoms with E-state index in [1.165, 1.54) is 47.7 Å². The van der Waals surface area contributed by atoms with Crippen molar-refractivity contribution in [3.05, 3.63) is 65.1 Å². The van der Waals surface area contributed by atoms with Crippen molar-refractivity contribution in [2.24, 2.45) is 0 Å². The van der Waals surface area contributed by atoms with Gasteiger partial charge in [0.15, 0.2) is 0 Å². The third-order valence-corrected chi connectivity index (χ3v) is 4.91.